The average Bonchev–Trinajstić information content (AvgIpc) is 2.03. The van der Waals surface area contributed by atoms with Gasteiger partial charge in [0.15, 0.2) is 0 Å². The van der Waals surface area contributed by atoms with Crippen LogP contribution in [0, 0.1) is 0 Å². The van der Waals surface area contributed by atoms with Gasteiger partial charge >= 0.3 is 5.97 Å². The second-order valence-corrected chi connectivity index (χ2v) is 2.61. The number of hydrogen-bond donors (Lipinski definition) is 1. The third-order valence-electron chi connectivity index (χ3n) is 1.54. The van der Waals surface area contributed by atoms with Gasteiger partial charge in [0, 0.05) is 0 Å². The largest absolute Gasteiger partial charge is 0.478 e. The molecule has 0 saturated carbocycles. The summed E-state index contributed by atoms with van der Waals surface area (Å²) in [6, 6.07) is 6.02. The molecule has 1 rings (SSSR count). The Morgan fingerprint density at radius 2 is 2.08 bits per heavy atom. The van der Waals surface area contributed by atoms with E-state index in [1.165, 1.54) is 12.1 Å². The number of carboxylic acid groups (broad SMARTS) is 1. The van der Waals surface area contributed by atoms with Gasteiger partial charge in [0.2, 0.25) is 5.91 Å². The van der Waals surface area contributed by atoms with Crippen LogP contribution in [0.3, 0.4) is 0 Å². The van der Waals surface area contributed by atoms with Crippen molar-refractivity contribution in [2.75, 3.05) is 0 Å². The van der Waals surface area contributed by atoms with Crippen LogP contribution in [0.2, 0.25) is 0 Å². The molecule has 1 aromatic rings. The molecule has 0 aliphatic rings. The predicted molar refractivity (Wildman–Crippen MR) is 45.2 cm³/mol. The molecule has 0 heterocycles. The highest BCUT2D eigenvalue weighted by Gasteiger charge is 2.04. The van der Waals surface area contributed by atoms with Crippen molar-refractivity contribution in [3.8, 4) is 0 Å². The van der Waals surface area contributed by atoms with Crippen molar-refractivity contribution >= 4 is 11.9 Å². The molecule has 0 bridgehead atoms. The molecule has 1 radical (unpaired) electrons. The van der Waals surface area contributed by atoms with E-state index in [9.17, 15) is 9.59 Å². The van der Waals surface area contributed by atoms with Crippen LogP contribution in [0.15, 0.2) is 24.3 Å². The normalized spacial score (nSPS) is 9.54. The Morgan fingerprint density at radius 3 is 2.62 bits per heavy atom. The van der Waals surface area contributed by atoms with Gasteiger partial charge in [0.1, 0.15) is 0 Å². The van der Waals surface area contributed by atoms with Crippen molar-refractivity contribution < 1.29 is 14.7 Å². The Bertz CT molecular complexity index is 346. The zero-order valence-electron chi connectivity index (χ0n) is 6.78. The van der Waals surface area contributed by atoms with Crippen LogP contribution in [0.4, 0.5) is 0 Å². The Balaban J connectivity index is 2.91. The number of hydrogen-bond acceptors (Lipinski definition) is 2. The summed E-state index contributed by atoms with van der Waals surface area (Å²) in [6.45, 7) is 0. The topological polar surface area (TPSA) is 78.2 Å². The zero-order chi connectivity index (χ0) is 9.84. The van der Waals surface area contributed by atoms with E-state index in [1.54, 1.807) is 12.1 Å². The first-order chi connectivity index (χ1) is 6.09. The van der Waals surface area contributed by atoms with Gasteiger partial charge in [-0.1, -0.05) is 12.1 Å². The van der Waals surface area contributed by atoms with Gasteiger partial charge in [0.25, 0.3) is 0 Å². The van der Waals surface area contributed by atoms with Crippen molar-refractivity contribution in [1.82, 2.24) is 5.73 Å². The maximum atomic E-state index is 10.5. The van der Waals surface area contributed by atoms with E-state index in [2.05, 4.69) is 0 Å². The second kappa shape index (κ2) is 3.71. The summed E-state index contributed by atoms with van der Waals surface area (Å²) in [5.41, 5.74) is 7.40. The van der Waals surface area contributed by atoms with Gasteiger partial charge in [-0.3, -0.25) is 10.5 Å². The number of aromatic carboxylic acids is 1. The average molecular weight is 178 g/mol. The van der Waals surface area contributed by atoms with Gasteiger partial charge in [-0.25, -0.2) is 4.79 Å². The molecule has 1 amide bonds. The van der Waals surface area contributed by atoms with Crippen molar-refractivity contribution in [3.63, 3.8) is 0 Å². The highest BCUT2D eigenvalue weighted by Crippen LogP contribution is 2.05. The molecule has 2 N–H and O–H groups in total. The molecule has 1 aromatic carbocycles. The quantitative estimate of drug-likeness (QED) is 0.741. The van der Waals surface area contributed by atoms with Crippen molar-refractivity contribution in [2.45, 2.75) is 6.42 Å². The minimum atomic E-state index is -1.03. The number of carboxylic acids is 1. The first-order valence-corrected chi connectivity index (χ1v) is 3.66. The second-order valence-electron chi connectivity index (χ2n) is 2.61. The molecule has 0 unspecified atom stereocenters. The molecular weight excluding hydrogens is 170 g/mol. The monoisotopic (exact) mass is 178 g/mol. The van der Waals surface area contributed by atoms with Gasteiger partial charge in [-0.2, -0.15) is 0 Å². The molecule has 67 valence electrons. The van der Waals surface area contributed by atoms with E-state index in [-0.39, 0.29) is 12.0 Å². The summed E-state index contributed by atoms with van der Waals surface area (Å²) >= 11 is 0. The molecular formula is C9H8NO3. The maximum absolute atomic E-state index is 10.5. The minimum Gasteiger partial charge on any atom is -0.478 e. The van der Waals surface area contributed by atoms with Crippen LogP contribution < -0.4 is 5.73 Å². The van der Waals surface area contributed by atoms with E-state index in [4.69, 9.17) is 10.8 Å². The van der Waals surface area contributed by atoms with E-state index in [1.807, 2.05) is 0 Å². The summed E-state index contributed by atoms with van der Waals surface area (Å²) in [5, 5.41) is 8.61. The zero-order valence-corrected chi connectivity index (χ0v) is 6.78. The molecule has 4 nitrogen and oxygen atoms in total. The van der Waals surface area contributed by atoms with Gasteiger partial charge in [0.05, 0.1) is 12.0 Å². The van der Waals surface area contributed by atoms with Gasteiger partial charge in [-0.15, -0.1) is 0 Å². The third-order valence-corrected chi connectivity index (χ3v) is 1.54. The fourth-order valence-electron chi connectivity index (χ4n) is 1.000. The summed E-state index contributed by atoms with van der Waals surface area (Å²) in [7, 11) is 0. The molecule has 0 spiro atoms. The number of nitrogens with one attached hydrogen (secondary N) is 1. The predicted octanol–water partition coefficient (Wildman–Crippen LogP) is 0.737. The highest BCUT2D eigenvalue weighted by atomic mass is 16.4. The van der Waals surface area contributed by atoms with Crippen molar-refractivity contribution in [3.05, 3.63) is 35.4 Å². The lowest BCUT2D eigenvalue weighted by Crippen LogP contribution is -2.04. The first kappa shape index (κ1) is 9.25. The van der Waals surface area contributed by atoms with Crippen LogP contribution >= 0.6 is 0 Å². The molecule has 0 saturated heterocycles. The SMILES string of the molecule is [NH]C(=O)Cc1cccc(C(=O)O)c1. The molecule has 0 aliphatic carbocycles. The first-order valence-electron chi connectivity index (χ1n) is 3.66. The van der Waals surface area contributed by atoms with Gasteiger partial charge in [-0.05, 0) is 17.7 Å². The fraction of sp³-hybridized carbons (Fsp3) is 0.111. The van der Waals surface area contributed by atoms with Crippen LogP contribution in [0.25, 0.3) is 0 Å². The lowest BCUT2D eigenvalue weighted by atomic mass is 10.1. The number of amides is 1. The summed E-state index contributed by atoms with van der Waals surface area (Å²) in [5.74, 6) is -1.75. The number of carbonyl (C=O) groups is 2. The number of rotatable bonds is 3. The van der Waals surface area contributed by atoms with E-state index < -0.39 is 11.9 Å². The smallest absolute Gasteiger partial charge is 0.335 e. The fourth-order valence-corrected chi connectivity index (χ4v) is 1.000. The van der Waals surface area contributed by atoms with E-state index in [0.29, 0.717) is 5.56 Å². The highest BCUT2D eigenvalue weighted by molar-refractivity contribution is 5.88. The Kier molecular flexibility index (Phi) is 2.64. The number of benzene rings is 1. The Morgan fingerprint density at radius 1 is 1.38 bits per heavy atom. The van der Waals surface area contributed by atoms with Crippen LogP contribution in [0.1, 0.15) is 15.9 Å². The van der Waals surface area contributed by atoms with Crippen molar-refractivity contribution in [2.24, 2.45) is 0 Å². The van der Waals surface area contributed by atoms with Crippen molar-refractivity contribution in [1.29, 1.82) is 0 Å². The number of carbonyl (C=O) groups excluding carboxylic acids is 1. The standard InChI is InChI=1S/C9H8NO3/c10-8(11)5-6-2-1-3-7(4-6)9(12)13/h1-4,10H,5H2,(H,12,13). The summed E-state index contributed by atoms with van der Waals surface area (Å²) < 4.78 is 0. The minimum absolute atomic E-state index is 0.0406. The summed E-state index contributed by atoms with van der Waals surface area (Å²) in [6.07, 6.45) is -0.0406. The Hall–Kier alpha value is -1.84. The van der Waals surface area contributed by atoms with Crippen LogP contribution in [-0.4, -0.2) is 17.0 Å². The molecule has 0 aliphatic heterocycles. The summed E-state index contributed by atoms with van der Waals surface area (Å²) in [4.78, 5) is 20.9. The molecule has 0 atom stereocenters. The van der Waals surface area contributed by atoms with Crippen LogP contribution in [-0.2, 0) is 11.2 Å². The van der Waals surface area contributed by atoms with Crippen LogP contribution in [0.5, 0.6) is 0 Å². The van der Waals surface area contributed by atoms with E-state index >= 15 is 0 Å². The van der Waals surface area contributed by atoms with E-state index in [0.717, 1.165) is 0 Å². The van der Waals surface area contributed by atoms with Gasteiger partial charge < -0.3 is 5.11 Å². The molecule has 0 aromatic heterocycles. The molecule has 0 fully saturated rings. The Labute approximate surface area is 75.0 Å². The lowest BCUT2D eigenvalue weighted by molar-refractivity contribution is -0.118. The third kappa shape index (κ3) is 2.59. The maximum Gasteiger partial charge on any atom is 0.335 e. The molecule has 4 heteroatoms. The molecule has 13 heavy (non-hydrogen) atoms. The lowest BCUT2D eigenvalue weighted by Gasteiger charge is -1.98.